The van der Waals surface area contributed by atoms with Crippen LogP contribution in [-0.2, 0) is 4.79 Å². The third-order valence-electron chi connectivity index (χ3n) is 3.84. The van der Waals surface area contributed by atoms with Gasteiger partial charge in [0.2, 0.25) is 0 Å². The van der Waals surface area contributed by atoms with Crippen LogP contribution in [0, 0.1) is 11.8 Å². The fourth-order valence-electron chi connectivity index (χ4n) is 2.55. The van der Waals surface area contributed by atoms with Crippen molar-refractivity contribution in [1.82, 2.24) is 0 Å². The Balaban J connectivity index is 2.20. The van der Waals surface area contributed by atoms with Gasteiger partial charge in [-0.05, 0) is 25.2 Å². The monoisotopic (exact) mass is 211 g/mol. The van der Waals surface area contributed by atoms with Gasteiger partial charge in [-0.15, -0.1) is 0 Å². The summed E-state index contributed by atoms with van der Waals surface area (Å²) in [6.45, 7) is 3.71. The maximum Gasteiger partial charge on any atom is 0.146 e. The fourth-order valence-corrected chi connectivity index (χ4v) is 2.55. The van der Waals surface area contributed by atoms with Gasteiger partial charge in [-0.3, -0.25) is 4.79 Å². The minimum absolute atomic E-state index is 0.131. The predicted octanol–water partition coefficient (Wildman–Crippen LogP) is 2.90. The van der Waals surface area contributed by atoms with Gasteiger partial charge in [-0.25, -0.2) is 0 Å². The molecule has 0 spiro atoms. The van der Waals surface area contributed by atoms with Crippen molar-refractivity contribution in [2.75, 3.05) is 0 Å². The number of ketones is 1. The second-order valence-electron chi connectivity index (χ2n) is 5.20. The zero-order valence-corrected chi connectivity index (χ0v) is 10.2. The summed E-state index contributed by atoms with van der Waals surface area (Å²) < 4.78 is 0. The van der Waals surface area contributed by atoms with E-state index in [-0.39, 0.29) is 11.8 Å². The summed E-state index contributed by atoms with van der Waals surface area (Å²) in [5, 5.41) is 0. The number of carbonyl (C=O) groups excluding carboxylic acids is 1. The molecule has 1 fully saturated rings. The van der Waals surface area contributed by atoms with Crippen LogP contribution in [-0.4, -0.2) is 11.8 Å². The molecule has 0 aromatic carbocycles. The van der Waals surface area contributed by atoms with Gasteiger partial charge in [0, 0.05) is 0 Å². The lowest BCUT2D eigenvalue weighted by Gasteiger charge is -2.24. The van der Waals surface area contributed by atoms with Crippen LogP contribution in [0.15, 0.2) is 0 Å². The van der Waals surface area contributed by atoms with E-state index in [2.05, 4.69) is 6.92 Å². The lowest BCUT2D eigenvalue weighted by atomic mass is 9.83. The molecular formula is C13H25NO. The van der Waals surface area contributed by atoms with Crippen molar-refractivity contribution >= 4 is 5.78 Å². The standard InChI is InChI=1S/C13H25NO/c1-10(13(14)11(2)15)8-9-12-6-4-3-5-7-12/h10,12-13H,3-9,14H2,1-2H3/t10-,13+/m0/s1. The summed E-state index contributed by atoms with van der Waals surface area (Å²) in [5.74, 6) is 1.39. The average molecular weight is 211 g/mol. The van der Waals surface area contributed by atoms with Crippen LogP contribution in [0.3, 0.4) is 0 Å². The zero-order chi connectivity index (χ0) is 11.3. The third-order valence-corrected chi connectivity index (χ3v) is 3.84. The Morgan fingerprint density at radius 3 is 2.47 bits per heavy atom. The van der Waals surface area contributed by atoms with Gasteiger partial charge < -0.3 is 5.73 Å². The van der Waals surface area contributed by atoms with E-state index in [0.717, 1.165) is 12.3 Å². The van der Waals surface area contributed by atoms with Gasteiger partial charge in [0.05, 0.1) is 6.04 Å². The lowest BCUT2D eigenvalue weighted by Crippen LogP contribution is -2.35. The minimum atomic E-state index is -0.242. The molecule has 0 saturated heterocycles. The predicted molar refractivity (Wildman–Crippen MR) is 63.6 cm³/mol. The molecule has 2 N–H and O–H groups in total. The molecule has 0 unspecified atom stereocenters. The molecular weight excluding hydrogens is 186 g/mol. The number of rotatable bonds is 5. The van der Waals surface area contributed by atoms with Crippen molar-refractivity contribution in [3.05, 3.63) is 0 Å². The van der Waals surface area contributed by atoms with Crippen LogP contribution >= 0.6 is 0 Å². The molecule has 88 valence electrons. The first-order valence-electron chi connectivity index (χ1n) is 6.37. The molecule has 15 heavy (non-hydrogen) atoms. The largest absolute Gasteiger partial charge is 0.321 e. The summed E-state index contributed by atoms with van der Waals surface area (Å²) >= 11 is 0. The highest BCUT2D eigenvalue weighted by molar-refractivity contribution is 5.81. The normalized spacial score (nSPS) is 22.3. The van der Waals surface area contributed by atoms with Gasteiger partial charge in [-0.1, -0.05) is 45.4 Å². The summed E-state index contributed by atoms with van der Waals surface area (Å²) in [7, 11) is 0. The van der Waals surface area contributed by atoms with E-state index in [0.29, 0.717) is 5.92 Å². The highest BCUT2D eigenvalue weighted by atomic mass is 16.1. The molecule has 0 bridgehead atoms. The van der Waals surface area contributed by atoms with E-state index < -0.39 is 0 Å². The highest BCUT2D eigenvalue weighted by Crippen LogP contribution is 2.28. The Hall–Kier alpha value is -0.370. The van der Waals surface area contributed by atoms with Gasteiger partial charge in [0.1, 0.15) is 5.78 Å². The van der Waals surface area contributed by atoms with Gasteiger partial charge in [-0.2, -0.15) is 0 Å². The maximum atomic E-state index is 11.1. The van der Waals surface area contributed by atoms with Crippen molar-refractivity contribution in [1.29, 1.82) is 0 Å². The number of Topliss-reactive ketones (excluding diaryl/α,β-unsaturated/α-hetero) is 1. The van der Waals surface area contributed by atoms with Crippen molar-refractivity contribution in [3.63, 3.8) is 0 Å². The van der Waals surface area contributed by atoms with E-state index in [4.69, 9.17) is 5.73 Å². The molecule has 0 radical (unpaired) electrons. The molecule has 0 amide bonds. The molecule has 2 atom stereocenters. The number of carbonyl (C=O) groups is 1. The van der Waals surface area contributed by atoms with Gasteiger partial charge >= 0.3 is 0 Å². The van der Waals surface area contributed by atoms with Crippen LogP contribution in [0.5, 0.6) is 0 Å². The molecule has 0 heterocycles. The Bertz CT molecular complexity index is 197. The summed E-state index contributed by atoms with van der Waals surface area (Å²) in [5.41, 5.74) is 5.83. The van der Waals surface area contributed by atoms with Crippen LogP contribution < -0.4 is 5.73 Å². The molecule has 1 aliphatic rings. The molecule has 0 aromatic heterocycles. The first-order chi connectivity index (χ1) is 7.11. The molecule has 2 heteroatoms. The maximum absolute atomic E-state index is 11.1. The van der Waals surface area contributed by atoms with Crippen LogP contribution in [0.4, 0.5) is 0 Å². The Morgan fingerprint density at radius 1 is 1.33 bits per heavy atom. The van der Waals surface area contributed by atoms with Gasteiger partial charge in [0.15, 0.2) is 0 Å². The second kappa shape index (κ2) is 6.26. The van der Waals surface area contributed by atoms with E-state index in [1.54, 1.807) is 6.92 Å². The quantitative estimate of drug-likeness (QED) is 0.760. The summed E-state index contributed by atoms with van der Waals surface area (Å²) in [6, 6.07) is -0.242. The Kier molecular flexibility index (Phi) is 5.30. The Morgan fingerprint density at radius 2 is 1.93 bits per heavy atom. The molecule has 1 aliphatic carbocycles. The lowest BCUT2D eigenvalue weighted by molar-refractivity contribution is -0.119. The first-order valence-corrected chi connectivity index (χ1v) is 6.37. The van der Waals surface area contributed by atoms with Crippen LogP contribution in [0.25, 0.3) is 0 Å². The number of nitrogens with two attached hydrogens (primary N) is 1. The first kappa shape index (κ1) is 12.7. The van der Waals surface area contributed by atoms with E-state index >= 15 is 0 Å². The molecule has 2 nitrogen and oxygen atoms in total. The summed E-state index contributed by atoms with van der Waals surface area (Å²) in [4.78, 5) is 11.1. The van der Waals surface area contributed by atoms with Crippen molar-refractivity contribution in [2.24, 2.45) is 17.6 Å². The molecule has 1 rings (SSSR count). The van der Waals surface area contributed by atoms with Gasteiger partial charge in [0.25, 0.3) is 0 Å². The van der Waals surface area contributed by atoms with E-state index in [9.17, 15) is 4.79 Å². The van der Waals surface area contributed by atoms with Crippen LogP contribution in [0.1, 0.15) is 58.8 Å². The zero-order valence-electron chi connectivity index (χ0n) is 10.2. The van der Waals surface area contributed by atoms with Crippen molar-refractivity contribution < 1.29 is 4.79 Å². The highest BCUT2D eigenvalue weighted by Gasteiger charge is 2.19. The smallest absolute Gasteiger partial charge is 0.146 e. The Labute approximate surface area is 93.6 Å². The minimum Gasteiger partial charge on any atom is -0.321 e. The molecule has 0 aromatic rings. The molecule has 0 aliphatic heterocycles. The second-order valence-corrected chi connectivity index (χ2v) is 5.20. The topological polar surface area (TPSA) is 43.1 Å². The number of hydrogen-bond acceptors (Lipinski definition) is 2. The SMILES string of the molecule is CC(=O)[C@H](N)[C@@H](C)CCC1CCCCC1. The summed E-state index contributed by atoms with van der Waals surface area (Å²) in [6.07, 6.45) is 9.38. The van der Waals surface area contributed by atoms with Crippen molar-refractivity contribution in [2.45, 2.75) is 64.8 Å². The molecule has 1 saturated carbocycles. The average Bonchev–Trinajstić information content (AvgIpc) is 2.26. The van der Waals surface area contributed by atoms with E-state index in [1.165, 1.54) is 38.5 Å². The number of hydrogen-bond donors (Lipinski definition) is 1. The van der Waals surface area contributed by atoms with E-state index in [1.807, 2.05) is 0 Å². The van der Waals surface area contributed by atoms with Crippen molar-refractivity contribution in [3.8, 4) is 0 Å². The fraction of sp³-hybridized carbons (Fsp3) is 0.923. The van der Waals surface area contributed by atoms with Crippen LogP contribution in [0.2, 0.25) is 0 Å². The third kappa shape index (κ3) is 4.33.